The summed E-state index contributed by atoms with van der Waals surface area (Å²) >= 11 is 0. The molecule has 1 spiro atoms. The second kappa shape index (κ2) is 9.43. The van der Waals surface area contributed by atoms with Crippen molar-refractivity contribution in [2.24, 2.45) is 0 Å². The van der Waals surface area contributed by atoms with Crippen molar-refractivity contribution in [3.63, 3.8) is 0 Å². The van der Waals surface area contributed by atoms with Crippen molar-refractivity contribution in [1.82, 2.24) is 15.2 Å². The van der Waals surface area contributed by atoms with Crippen LogP contribution in [0, 0.1) is 0 Å². The second-order valence-electron chi connectivity index (χ2n) is 9.28. The number of ether oxygens (including phenoxy) is 1. The first-order valence-electron chi connectivity index (χ1n) is 11.9. The average molecular weight is 460 g/mol. The standard InChI is InChI=1S/C27H29N3O4/c31-24(34-18-19-9-3-1-4-10-19)17-30-25(32)23(29-27(26(30)33)13-7-2-8-14-27)15-20-16-28-22-12-6-5-11-21(20)22/h1,3-6,9-12,16,23,28-29H,2,7-8,13-15,17-18H2/t23-/m0/s1. The number of benzene rings is 2. The van der Waals surface area contributed by atoms with Crippen molar-refractivity contribution in [2.75, 3.05) is 6.54 Å². The Kier molecular flexibility index (Phi) is 6.20. The molecule has 1 aliphatic heterocycles. The van der Waals surface area contributed by atoms with Crippen LogP contribution in [0.4, 0.5) is 0 Å². The number of H-pyrrole nitrogens is 1. The number of carbonyl (C=O) groups excluding carboxylic acids is 3. The molecule has 5 rings (SSSR count). The maximum atomic E-state index is 13.5. The van der Waals surface area contributed by atoms with Gasteiger partial charge in [-0.15, -0.1) is 0 Å². The van der Waals surface area contributed by atoms with Gasteiger partial charge in [-0.25, -0.2) is 0 Å². The van der Waals surface area contributed by atoms with Gasteiger partial charge in [0.05, 0.1) is 11.6 Å². The summed E-state index contributed by atoms with van der Waals surface area (Å²) in [4.78, 5) is 44.0. The number of piperazine rings is 1. The molecule has 1 saturated carbocycles. The molecule has 2 amide bonds. The minimum atomic E-state index is -0.803. The SMILES string of the molecule is O=C(CN1C(=O)[C@H](Cc2c[nH]c3ccccc23)NC2(CCCCC2)C1=O)OCc1ccccc1. The van der Waals surface area contributed by atoms with Crippen molar-refractivity contribution in [3.8, 4) is 0 Å². The van der Waals surface area contributed by atoms with Crippen molar-refractivity contribution >= 4 is 28.7 Å². The predicted octanol–water partition coefficient (Wildman–Crippen LogP) is 3.48. The Balaban J connectivity index is 1.36. The molecule has 2 aromatic carbocycles. The molecule has 0 bridgehead atoms. The van der Waals surface area contributed by atoms with E-state index in [1.165, 1.54) is 0 Å². The minimum Gasteiger partial charge on any atom is -0.459 e. The molecule has 0 unspecified atom stereocenters. The summed E-state index contributed by atoms with van der Waals surface area (Å²) in [6, 6.07) is 16.7. The number of esters is 1. The fraction of sp³-hybridized carbons (Fsp3) is 0.370. The van der Waals surface area contributed by atoms with Gasteiger partial charge in [-0.2, -0.15) is 0 Å². The minimum absolute atomic E-state index is 0.109. The van der Waals surface area contributed by atoms with Crippen molar-refractivity contribution in [1.29, 1.82) is 0 Å². The normalized spacial score (nSPS) is 20.1. The smallest absolute Gasteiger partial charge is 0.326 e. The van der Waals surface area contributed by atoms with Gasteiger partial charge in [0.25, 0.3) is 0 Å². The number of aromatic amines is 1. The van der Waals surface area contributed by atoms with Crippen LogP contribution >= 0.6 is 0 Å². The van der Waals surface area contributed by atoms with Gasteiger partial charge >= 0.3 is 5.97 Å². The number of hydrogen-bond acceptors (Lipinski definition) is 5. The maximum absolute atomic E-state index is 13.5. The number of carbonyl (C=O) groups is 3. The van der Waals surface area contributed by atoms with Crippen LogP contribution in [-0.4, -0.2) is 45.8 Å². The molecular formula is C27H29N3O4. The Labute approximate surface area is 198 Å². The first kappa shape index (κ1) is 22.3. The molecule has 1 aliphatic carbocycles. The summed E-state index contributed by atoms with van der Waals surface area (Å²) in [7, 11) is 0. The average Bonchev–Trinajstić information content (AvgIpc) is 3.28. The lowest BCUT2D eigenvalue weighted by Crippen LogP contribution is -2.71. The molecule has 2 aliphatic rings. The number of imide groups is 1. The molecule has 3 aromatic rings. The Bertz CT molecular complexity index is 1200. The fourth-order valence-electron chi connectivity index (χ4n) is 5.24. The number of nitrogens with zero attached hydrogens (tertiary/aromatic N) is 1. The van der Waals surface area contributed by atoms with E-state index < -0.39 is 17.6 Å². The molecule has 2 N–H and O–H groups in total. The Morgan fingerprint density at radius 1 is 1.00 bits per heavy atom. The molecule has 1 saturated heterocycles. The Morgan fingerprint density at radius 2 is 1.74 bits per heavy atom. The maximum Gasteiger partial charge on any atom is 0.326 e. The highest BCUT2D eigenvalue weighted by atomic mass is 16.5. The molecule has 0 radical (unpaired) electrons. The summed E-state index contributed by atoms with van der Waals surface area (Å²) in [6.07, 6.45) is 6.59. The molecule has 2 heterocycles. The topological polar surface area (TPSA) is 91.5 Å². The van der Waals surface area contributed by atoms with Crippen LogP contribution in [0.5, 0.6) is 0 Å². The van der Waals surface area contributed by atoms with Crippen molar-refractivity contribution < 1.29 is 19.1 Å². The van der Waals surface area contributed by atoms with Crippen LogP contribution in [0.15, 0.2) is 60.8 Å². The lowest BCUT2D eigenvalue weighted by molar-refractivity contribution is -0.164. The molecule has 2 fully saturated rings. The summed E-state index contributed by atoms with van der Waals surface area (Å²) in [6.45, 7) is -0.254. The summed E-state index contributed by atoms with van der Waals surface area (Å²) in [5.74, 6) is -1.25. The molecule has 7 nitrogen and oxygen atoms in total. The van der Waals surface area contributed by atoms with Crippen molar-refractivity contribution in [3.05, 3.63) is 71.9 Å². The van der Waals surface area contributed by atoms with Gasteiger partial charge in [-0.3, -0.25) is 24.6 Å². The van der Waals surface area contributed by atoms with E-state index in [2.05, 4.69) is 10.3 Å². The van der Waals surface area contributed by atoms with Gasteiger partial charge in [0, 0.05) is 17.1 Å². The van der Waals surface area contributed by atoms with Crippen LogP contribution in [0.2, 0.25) is 0 Å². The zero-order valence-corrected chi connectivity index (χ0v) is 19.1. The third-order valence-corrected chi connectivity index (χ3v) is 7.01. The highest BCUT2D eigenvalue weighted by Crippen LogP contribution is 2.34. The number of para-hydroxylation sites is 1. The summed E-state index contributed by atoms with van der Waals surface area (Å²) < 4.78 is 5.39. The number of nitrogens with one attached hydrogen (secondary N) is 2. The van der Waals surface area contributed by atoms with Gasteiger partial charge in [0.2, 0.25) is 11.8 Å². The van der Waals surface area contributed by atoms with Gasteiger partial charge in [0.1, 0.15) is 13.2 Å². The highest BCUT2D eigenvalue weighted by Gasteiger charge is 2.51. The van der Waals surface area contributed by atoms with E-state index >= 15 is 0 Å². The van der Waals surface area contributed by atoms with Crippen LogP contribution in [0.1, 0.15) is 43.2 Å². The zero-order chi connectivity index (χ0) is 23.5. The van der Waals surface area contributed by atoms with Crippen molar-refractivity contribution in [2.45, 2.75) is 56.7 Å². The number of fused-ring (bicyclic) bond motifs is 1. The van der Waals surface area contributed by atoms with Gasteiger partial charge in [0.15, 0.2) is 0 Å². The number of rotatable bonds is 6. The second-order valence-corrected chi connectivity index (χ2v) is 9.28. The van der Waals surface area contributed by atoms with Crippen LogP contribution in [0.25, 0.3) is 10.9 Å². The zero-order valence-electron chi connectivity index (χ0n) is 19.1. The number of hydrogen-bond donors (Lipinski definition) is 2. The molecule has 1 aromatic heterocycles. The van der Waals surface area contributed by atoms with E-state index in [9.17, 15) is 14.4 Å². The highest BCUT2D eigenvalue weighted by molar-refractivity contribution is 6.07. The fourth-order valence-corrected chi connectivity index (χ4v) is 5.24. The van der Waals surface area contributed by atoms with E-state index in [0.29, 0.717) is 19.3 Å². The Hall–Kier alpha value is -3.45. The van der Waals surface area contributed by atoms with Gasteiger partial charge < -0.3 is 9.72 Å². The van der Waals surface area contributed by atoms with E-state index in [1.807, 2.05) is 60.8 Å². The lowest BCUT2D eigenvalue weighted by atomic mass is 9.77. The predicted molar refractivity (Wildman–Crippen MR) is 128 cm³/mol. The monoisotopic (exact) mass is 459 g/mol. The largest absolute Gasteiger partial charge is 0.459 e. The molecule has 176 valence electrons. The van der Waals surface area contributed by atoms with E-state index in [-0.39, 0.29) is 25.0 Å². The van der Waals surface area contributed by atoms with E-state index in [4.69, 9.17) is 4.74 Å². The molecule has 7 heteroatoms. The van der Waals surface area contributed by atoms with Crippen LogP contribution in [-0.2, 0) is 32.1 Å². The Morgan fingerprint density at radius 3 is 2.53 bits per heavy atom. The van der Waals surface area contributed by atoms with E-state index in [0.717, 1.165) is 46.2 Å². The lowest BCUT2D eigenvalue weighted by Gasteiger charge is -2.46. The van der Waals surface area contributed by atoms with Gasteiger partial charge in [-0.1, -0.05) is 67.8 Å². The van der Waals surface area contributed by atoms with Crippen LogP contribution in [0.3, 0.4) is 0 Å². The molecule has 1 atom stereocenters. The van der Waals surface area contributed by atoms with E-state index in [1.54, 1.807) is 0 Å². The molecular weight excluding hydrogens is 430 g/mol. The number of amides is 2. The third-order valence-electron chi connectivity index (χ3n) is 7.01. The summed E-state index contributed by atoms with van der Waals surface area (Å²) in [5, 5.41) is 4.48. The van der Waals surface area contributed by atoms with Crippen LogP contribution < -0.4 is 5.32 Å². The summed E-state index contributed by atoms with van der Waals surface area (Å²) in [5.41, 5.74) is 2.07. The number of aromatic nitrogens is 1. The first-order valence-corrected chi connectivity index (χ1v) is 11.9. The third kappa shape index (κ3) is 4.35. The molecule has 34 heavy (non-hydrogen) atoms. The van der Waals surface area contributed by atoms with Gasteiger partial charge in [-0.05, 0) is 36.5 Å². The first-order chi connectivity index (χ1) is 16.6. The quantitative estimate of drug-likeness (QED) is 0.435.